The molecule has 1 saturated carbocycles. The molecule has 0 amide bonds. The van der Waals surface area contributed by atoms with Crippen LogP contribution in [0.15, 0.2) is 48.5 Å². The van der Waals surface area contributed by atoms with E-state index in [9.17, 15) is 0 Å². The van der Waals surface area contributed by atoms with Gasteiger partial charge in [-0.15, -0.1) is 0 Å². The van der Waals surface area contributed by atoms with Gasteiger partial charge in [0, 0.05) is 11.5 Å². The third kappa shape index (κ3) is 4.81. The van der Waals surface area contributed by atoms with Crippen LogP contribution in [0.5, 0.6) is 0 Å². The zero-order valence-corrected chi connectivity index (χ0v) is 19.0. The third-order valence-electron chi connectivity index (χ3n) is 7.43. The average Bonchev–Trinajstić information content (AvgIpc) is 2.81. The lowest BCUT2D eigenvalue weighted by Crippen LogP contribution is -2.39. The van der Waals surface area contributed by atoms with Crippen LogP contribution >= 0.6 is 0 Å². The minimum atomic E-state index is -0.620. The molecule has 1 heterocycles. The summed E-state index contributed by atoms with van der Waals surface area (Å²) in [6.45, 7) is 8.09. The van der Waals surface area contributed by atoms with Crippen molar-refractivity contribution >= 4 is 0 Å². The molecular weight excluding hydrogens is 368 g/mol. The van der Waals surface area contributed by atoms with Gasteiger partial charge in [-0.05, 0) is 67.6 Å². The molecule has 2 aromatic carbocycles. The maximum atomic E-state index is 6.08. The van der Waals surface area contributed by atoms with Crippen LogP contribution < -0.4 is 0 Å². The Morgan fingerprint density at radius 1 is 0.767 bits per heavy atom. The molecule has 0 atom stereocenters. The second-order valence-electron chi connectivity index (χ2n) is 9.55. The summed E-state index contributed by atoms with van der Waals surface area (Å²) in [7, 11) is 0. The maximum absolute atomic E-state index is 6.08. The fraction of sp³-hybridized carbons (Fsp3) is 0.571. The molecule has 0 unspecified atom stereocenters. The maximum Gasteiger partial charge on any atom is 0.191 e. The summed E-state index contributed by atoms with van der Waals surface area (Å²) in [6, 6.07) is 18.0. The SMILES string of the molecule is CCCC1CCC(c2ccc(-c3ccc(C4(C)OCC(CC)CO4)cc3)cc2)CC1. The van der Waals surface area contributed by atoms with Crippen molar-refractivity contribution in [2.75, 3.05) is 13.2 Å². The van der Waals surface area contributed by atoms with E-state index in [0.29, 0.717) is 5.92 Å². The molecule has 0 N–H and O–H groups in total. The predicted molar refractivity (Wildman–Crippen MR) is 125 cm³/mol. The van der Waals surface area contributed by atoms with Crippen molar-refractivity contribution in [2.24, 2.45) is 11.8 Å². The van der Waals surface area contributed by atoms with E-state index >= 15 is 0 Å². The van der Waals surface area contributed by atoms with Crippen molar-refractivity contribution in [3.05, 3.63) is 59.7 Å². The van der Waals surface area contributed by atoms with Gasteiger partial charge in [0.1, 0.15) is 0 Å². The van der Waals surface area contributed by atoms with E-state index < -0.39 is 5.79 Å². The van der Waals surface area contributed by atoms with Crippen LogP contribution in [-0.2, 0) is 15.3 Å². The Balaban J connectivity index is 1.39. The molecule has 2 aliphatic rings. The van der Waals surface area contributed by atoms with Crippen LogP contribution in [0.25, 0.3) is 11.1 Å². The monoisotopic (exact) mass is 406 g/mol. The fourth-order valence-corrected chi connectivity index (χ4v) is 5.15. The Labute approximate surface area is 183 Å². The molecule has 4 rings (SSSR count). The van der Waals surface area contributed by atoms with Crippen molar-refractivity contribution in [3.8, 4) is 11.1 Å². The Morgan fingerprint density at radius 2 is 1.33 bits per heavy atom. The van der Waals surface area contributed by atoms with Gasteiger partial charge in [0.25, 0.3) is 0 Å². The Kier molecular flexibility index (Phi) is 6.95. The highest BCUT2D eigenvalue weighted by Crippen LogP contribution is 2.38. The first kappa shape index (κ1) is 21.6. The molecular formula is C28H38O2. The van der Waals surface area contributed by atoms with E-state index in [-0.39, 0.29) is 0 Å². The third-order valence-corrected chi connectivity index (χ3v) is 7.43. The van der Waals surface area contributed by atoms with E-state index in [1.165, 1.54) is 55.2 Å². The summed E-state index contributed by atoms with van der Waals surface area (Å²) in [5, 5.41) is 0. The van der Waals surface area contributed by atoms with E-state index in [2.05, 4.69) is 62.4 Å². The number of ether oxygens (including phenoxy) is 2. The van der Waals surface area contributed by atoms with Gasteiger partial charge in [-0.3, -0.25) is 0 Å². The number of rotatable bonds is 6. The number of benzene rings is 2. The zero-order valence-electron chi connectivity index (χ0n) is 19.0. The molecule has 2 aromatic rings. The van der Waals surface area contributed by atoms with Crippen LogP contribution in [0.1, 0.15) is 82.8 Å². The van der Waals surface area contributed by atoms with E-state index in [1.807, 2.05) is 6.92 Å². The van der Waals surface area contributed by atoms with E-state index in [0.717, 1.165) is 37.0 Å². The van der Waals surface area contributed by atoms with Crippen molar-refractivity contribution in [2.45, 2.75) is 77.4 Å². The first-order valence-electron chi connectivity index (χ1n) is 12.1. The topological polar surface area (TPSA) is 18.5 Å². The molecule has 0 bridgehead atoms. The lowest BCUT2D eigenvalue weighted by molar-refractivity contribution is -0.282. The van der Waals surface area contributed by atoms with Gasteiger partial charge in [-0.2, -0.15) is 0 Å². The summed E-state index contributed by atoms with van der Waals surface area (Å²) in [6.07, 6.45) is 9.38. The second kappa shape index (κ2) is 9.66. The average molecular weight is 407 g/mol. The summed E-state index contributed by atoms with van der Waals surface area (Å²) in [4.78, 5) is 0. The molecule has 2 heteroatoms. The highest BCUT2D eigenvalue weighted by atomic mass is 16.7. The van der Waals surface area contributed by atoms with Gasteiger partial charge >= 0.3 is 0 Å². The Bertz CT molecular complexity index is 776. The molecule has 2 fully saturated rings. The van der Waals surface area contributed by atoms with Gasteiger partial charge in [-0.1, -0.05) is 75.2 Å². The molecule has 2 nitrogen and oxygen atoms in total. The van der Waals surface area contributed by atoms with Gasteiger partial charge < -0.3 is 9.47 Å². The highest BCUT2D eigenvalue weighted by molar-refractivity contribution is 5.64. The highest BCUT2D eigenvalue weighted by Gasteiger charge is 2.34. The predicted octanol–water partition coefficient (Wildman–Crippen LogP) is 7.67. The van der Waals surface area contributed by atoms with E-state index in [1.54, 1.807) is 0 Å². The van der Waals surface area contributed by atoms with Gasteiger partial charge in [-0.25, -0.2) is 0 Å². The molecule has 0 aromatic heterocycles. The van der Waals surface area contributed by atoms with Crippen molar-refractivity contribution in [1.82, 2.24) is 0 Å². The molecule has 1 aliphatic carbocycles. The van der Waals surface area contributed by atoms with Gasteiger partial charge in [0.2, 0.25) is 0 Å². The molecule has 30 heavy (non-hydrogen) atoms. The largest absolute Gasteiger partial charge is 0.346 e. The van der Waals surface area contributed by atoms with Crippen molar-refractivity contribution in [3.63, 3.8) is 0 Å². The molecule has 1 saturated heterocycles. The summed E-state index contributed by atoms with van der Waals surface area (Å²) in [5.41, 5.74) is 5.16. The number of hydrogen-bond acceptors (Lipinski definition) is 2. The first-order chi connectivity index (χ1) is 14.6. The molecule has 1 aliphatic heterocycles. The van der Waals surface area contributed by atoms with Crippen molar-refractivity contribution < 1.29 is 9.47 Å². The lowest BCUT2D eigenvalue weighted by atomic mass is 9.77. The quantitative estimate of drug-likeness (QED) is 0.490. The van der Waals surface area contributed by atoms with Crippen LogP contribution in [0.2, 0.25) is 0 Å². The van der Waals surface area contributed by atoms with E-state index in [4.69, 9.17) is 9.47 Å². The lowest BCUT2D eigenvalue weighted by Gasteiger charge is -2.37. The Morgan fingerprint density at radius 3 is 1.87 bits per heavy atom. The molecule has 0 spiro atoms. The van der Waals surface area contributed by atoms with Gasteiger partial charge in [0.05, 0.1) is 13.2 Å². The first-order valence-corrected chi connectivity index (χ1v) is 12.1. The summed E-state index contributed by atoms with van der Waals surface area (Å²) < 4.78 is 12.2. The van der Waals surface area contributed by atoms with Crippen LogP contribution in [0, 0.1) is 11.8 Å². The van der Waals surface area contributed by atoms with Crippen molar-refractivity contribution in [1.29, 1.82) is 0 Å². The second-order valence-corrected chi connectivity index (χ2v) is 9.55. The minimum absolute atomic E-state index is 0.512. The smallest absolute Gasteiger partial charge is 0.191 e. The van der Waals surface area contributed by atoms with Crippen LogP contribution in [-0.4, -0.2) is 13.2 Å². The zero-order chi connectivity index (χ0) is 21.0. The fourth-order valence-electron chi connectivity index (χ4n) is 5.15. The molecule has 162 valence electrons. The molecule has 0 radical (unpaired) electrons. The van der Waals surface area contributed by atoms with Gasteiger partial charge in [0.15, 0.2) is 5.79 Å². The van der Waals surface area contributed by atoms with Crippen LogP contribution in [0.4, 0.5) is 0 Å². The number of hydrogen-bond donors (Lipinski definition) is 0. The summed E-state index contributed by atoms with van der Waals surface area (Å²) in [5.74, 6) is 1.61. The normalized spacial score (nSPS) is 29.6. The minimum Gasteiger partial charge on any atom is -0.346 e. The summed E-state index contributed by atoms with van der Waals surface area (Å²) >= 11 is 0. The standard InChI is InChI=1S/C28H38O2/c1-4-6-22-7-9-23(10-8-22)24-11-13-25(14-12-24)26-15-17-27(18-16-26)28(3)29-19-21(5-2)20-30-28/h11-18,21-23H,4-10,19-20H2,1-3H3. The van der Waals surface area contributed by atoms with Crippen LogP contribution in [0.3, 0.4) is 0 Å². The Hall–Kier alpha value is -1.64.